The first-order valence-electron chi connectivity index (χ1n) is 7.35. The molecule has 1 atom stereocenters. The molecule has 0 bridgehead atoms. The van der Waals surface area contributed by atoms with Crippen molar-refractivity contribution in [1.82, 2.24) is 9.29 Å². The summed E-state index contributed by atoms with van der Waals surface area (Å²) >= 11 is 6.06. The predicted molar refractivity (Wildman–Crippen MR) is 85.2 cm³/mol. The zero-order valence-electron chi connectivity index (χ0n) is 12.5. The van der Waals surface area contributed by atoms with Crippen LogP contribution in [0.2, 0.25) is 5.02 Å². The maximum absolute atomic E-state index is 12.8. The van der Waals surface area contributed by atoms with Gasteiger partial charge in [0.1, 0.15) is 10.7 Å². The van der Waals surface area contributed by atoms with Gasteiger partial charge in [-0.05, 0) is 25.3 Å². The molecule has 5 nitrogen and oxygen atoms in total. The second kappa shape index (κ2) is 6.94. The standard InChI is InChI=1S/C14H22ClN3O2S/c1-3-6-11-7-4-5-8-18(11)21(19,20)12-9-13(15)14(16-2)17-10-12/h9-11H,3-8H2,1-2H3,(H,16,17). The molecule has 7 heteroatoms. The third-order valence-corrected chi connectivity index (χ3v) is 6.06. The van der Waals surface area contributed by atoms with Crippen molar-refractivity contribution in [3.8, 4) is 0 Å². The predicted octanol–water partition coefficient (Wildman–Crippen LogP) is 3.12. The minimum absolute atomic E-state index is 0.0940. The van der Waals surface area contributed by atoms with E-state index in [0.717, 1.165) is 32.1 Å². The van der Waals surface area contributed by atoms with E-state index in [2.05, 4.69) is 17.2 Å². The largest absolute Gasteiger partial charge is 0.372 e. The first kappa shape index (κ1) is 16.5. The van der Waals surface area contributed by atoms with Gasteiger partial charge < -0.3 is 5.32 Å². The second-order valence-electron chi connectivity index (χ2n) is 5.31. The number of hydrogen-bond donors (Lipinski definition) is 1. The minimum atomic E-state index is -3.52. The number of hydrogen-bond acceptors (Lipinski definition) is 4. The van der Waals surface area contributed by atoms with Crippen LogP contribution < -0.4 is 5.32 Å². The van der Waals surface area contributed by atoms with E-state index in [4.69, 9.17) is 11.6 Å². The van der Waals surface area contributed by atoms with E-state index in [9.17, 15) is 8.42 Å². The third-order valence-electron chi connectivity index (χ3n) is 3.85. The molecule has 1 N–H and O–H groups in total. The molecular weight excluding hydrogens is 310 g/mol. The number of halogens is 1. The van der Waals surface area contributed by atoms with E-state index in [1.807, 2.05) is 0 Å². The Hall–Kier alpha value is -0.850. The Kier molecular flexibility index (Phi) is 5.46. The molecule has 0 spiro atoms. The van der Waals surface area contributed by atoms with Crippen molar-refractivity contribution in [2.24, 2.45) is 0 Å². The highest BCUT2D eigenvalue weighted by Gasteiger charge is 2.33. The Labute approximate surface area is 131 Å². The van der Waals surface area contributed by atoms with Crippen molar-refractivity contribution in [3.05, 3.63) is 17.3 Å². The summed E-state index contributed by atoms with van der Waals surface area (Å²) in [5, 5.41) is 3.15. The molecule has 21 heavy (non-hydrogen) atoms. The van der Waals surface area contributed by atoms with Crippen LogP contribution in [0.1, 0.15) is 39.0 Å². The average molecular weight is 332 g/mol. The summed E-state index contributed by atoms with van der Waals surface area (Å²) in [7, 11) is -1.82. The number of pyridine rings is 1. The van der Waals surface area contributed by atoms with Gasteiger partial charge in [0.15, 0.2) is 0 Å². The Morgan fingerprint density at radius 1 is 1.48 bits per heavy atom. The van der Waals surface area contributed by atoms with Crippen molar-refractivity contribution in [2.45, 2.75) is 50.0 Å². The van der Waals surface area contributed by atoms with Gasteiger partial charge in [-0.1, -0.05) is 31.4 Å². The highest BCUT2D eigenvalue weighted by molar-refractivity contribution is 7.89. The van der Waals surface area contributed by atoms with Crippen molar-refractivity contribution in [2.75, 3.05) is 18.9 Å². The maximum Gasteiger partial charge on any atom is 0.244 e. The van der Waals surface area contributed by atoms with E-state index in [0.29, 0.717) is 17.4 Å². The maximum atomic E-state index is 12.8. The quantitative estimate of drug-likeness (QED) is 0.900. The van der Waals surface area contributed by atoms with Gasteiger partial charge >= 0.3 is 0 Å². The fourth-order valence-electron chi connectivity index (χ4n) is 2.79. The molecule has 2 heterocycles. The summed E-state index contributed by atoms with van der Waals surface area (Å²) < 4.78 is 27.3. The van der Waals surface area contributed by atoms with Gasteiger partial charge in [-0.3, -0.25) is 0 Å². The van der Waals surface area contributed by atoms with Gasteiger partial charge in [0.25, 0.3) is 0 Å². The molecule has 1 unspecified atom stereocenters. The minimum Gasteiger partial charge on any atom is -0.372 e. The number of anilines is 1. The van der Waals surface area contributed by atoms with E-state index < -0.39 is 10.0 Å². The zero-order valence-corrected chi connectivity index (χ0v) is 14.0. The number of piperidine rings is 1. The van der Waals surface area contributed by atoms with Gasteiger partial charge in [-0.25, -0.2) is 13.4 Å². The molecule has 1 fully saturated rings. The van der Waals surface area contributed by atoms with Crippen LogP contribution in [0.4, 0.5) is 5.82 Å². The van der Waals surface area contributed by atoms with Crippen LogP contribution >= 0.6 is 11.6 Å². The normalized spacial score (nSPS) is 20.4. The summed E-state index contributed by atoms with van der Waals surface area (Å²) in [4.78, 5) is 4.26. The van der Waals surface area contributed by atoms with Gasteiger partial charge in [-0.15, -0.1) is 0 Å². The molecule has 1 saturated heterocycles. The Balaban J connectivity index is 2.33. The van der Waals surface area contributed by atoms with Gasteiger partial charge in [0, 0.05) is 25.8 Å². The van der Waals surface area contributed by atoms with Crippen LogP contribution in [0.15, 0.2) is 17.2 Å². The van der Waals surface area contributed by atoms with E-state index in [1.165, 1.54) is 12.3 Å². The molecule has 1 aliphatic heterocycles. The molecular formula is C14H22ClN3O2S. The van der Waals surface area contributed by atoms with Gasteiger partial charge in [0.2, 0.25) is 10.0 Å². The molecule has 1 aromatic rings. The fraction of sp³-hybridized carbons (Fsp3) is 0.643. The topological polar surface area (TPSA) is 62.3 Å². The highest BCUT2D eigenvalue weighted by atomic mass is 35.5. The van der Waals surface area contributed by atoms with Gasteiger partial charge in [-0.2, -0.15) is 4.31 Å². The zero-order chi connectivity index (χ0) is 15.5. The summed E-state index contributed by atoms with van der Waals surface area (Å²) in [6.45, 7) is 2.66. The lowest BCUT2D eigenvalue weighted by molar-refractivity contribution is 0.239. The second-order valence-corrected chi connectivity index (χ2v) is 7.60. The molecule has 0 aliphatic carbocycles. The van der Waals surface area contributed by atoms with Crippen LogP contribution in [0, 0.1) is 0 Å². The average Bonchev–Trinajstić information content (AvgIpc) is 2.48. The molecule has 1 aliphatic rings. The van der Waals surface area contributed by atoms with Crippen LogP contribution in [-0.2, 0) is 10.0 Å². The number of nitrogens with one attached hydrogen (secondary N) is 1. The monoisotopic (exact) mass is 331 g/mol. The summed E-state index contributed by atoms with van der Waals surface area (Å²) in [5.74, 6) is 0.486. The first-order valence-corrected chi connectivity index (χ1v) is 9.17. The Morgan fingerprint density at radius 2 is 2.24 bits per heavy atom. The SMILES string of the molecule is CCCC1CCCCN1S(=O)(=O)c1cnc(NC)c(Cl)c1. The van der Waals surface area contributed by atoms with Crippen molar-refractivity contribution in [3.63, 3.8) is 0 Å². The number of aromatic nitrogens is 1. The molecule has 0 saturated carbocycles. The Morgan fingerprint density at radius 3 is 2.86 bits per heavy atom. The number of nitrogens with zero attached hydrogens (tertiary/aromatic N) is 2. The first-order chi connectivity index (χ1) is 10.0. The summed E-state index contributed by atoms with van der Waals surface area (Å²) in [6.07, 6.45) is 6.19. The molecule has 0 amide bonds. The van der Waals surface area contributed by atoms with Crippen molar-refractivity contribution < 1.29 is 8.42 Å². The van der Waals surface area contributed by atoms with Crippen LogP contribution in [-0.4, -0.2) is 37.3 Å². The van der Waals surface area contributed by atoms with Crippen LogP contribution in [0.25, 0.3) is 0 Å². The van der Waals surface area contributed by atoms with Crippen LogP contribution in [0.3, 0.4) is 0 Å². The van der Waals surface area contributed by atoms with E-state index >= 15 is 0 Å². The number of sulfonamides is 1. The van der Waals surface area contributed by atoms with Crippen LogP contribution in [0.5, 0.6) is 0 Å². The Bertz CT molecular complexity index is 590. The molecule has 1 aromatic heterocycles. The summed E-state index contributed by atoms with van der Waals surface area (Å²) in [5.41, 5.74) is 0. The van der Waals surface area contributed by atoms with Crippen molar-refractivity contribution in [1.29, 1.82) is 0 Å². The molecule has 118 valence electrons. The summed E-state index contributed by atoms with van der Waals surface area (Å²) in [6, 6.07) is 1.57. The lowest BCUT2D eigenvalue weighted by atomic mass is 10.0. The van der Waals surface area contributed by atoms with E-state index in [1.54, 1.807) is 11.4 Å². The molecule has 0 aromatic carbocycles. The van der Waals surface area contributed by atoms with Crippen molar-refractivity contribution >= 4 is 27.4 Å². The number of rotatable bonds is 5. The molecule has 0 radical (unpaired) electrons. The third kappa shape index (κ3) is 3.49. The lowest BCUT2D eigenvalue weighted by Gasteiger charge is -2.34. The molecule has 2 rings (SSSR count). The van der Waals surface area contributed by atoms with Gasteiger partial charge in [0.05, 0.1) is 5.02 Å². The van der Waals surface area contributed by atoms with E-state index in [-0.39, 0.29) is 10.9 Å². The fourth-order valence-corrected chi connectivity index (χ4v) is 4.81. The lowest BCUT2D eigenvalue weighted by Crippen LogP contribution is -2.43. The smallest absolute Gasteiger partial charge is 0.244 e. The highest BCUT2D eigenvalue weighted by Crippen LogP contribution is 2.29.